The van der Waals surface area contributed by atoms with E-state index < -0.39 is 21.8 Å². The van der Waals surface area contributed by atoms with Gasteiger partial charge >= 0.3 is 12.1 Å². The van der Waals surface area contributed by atoms with Gasteiger partial charge in [0.25, 0.3) is 0 Å². The Morgan fingerprint density at radius 3 is 2.30 bits per heavy atom. The van der Waals surface area contributed by atoms with Crippen LogP contribution in [0, 0.1) is 0 Å². The minimum absolute atomic E-state index is 0.180. The van der Waals surface area contributed by atoms with Gasteiger partial charge in [0.1, 0.15) is 0 Å². The van der Waals surface area contributed by atoms with Gasteiger partial charge in [0, 0.05) is 16.3 Å². The minimum Gasteiger partial charge on any atom is -0.329 e. The highest BCUT2D eigenvalue weighted by molar-refractivity contribution is 9.10. The van der Waals surface area contributed by atoms with Crippen molar-refractivity contribution < 1.29 is 21.9 Å². The first-order valence-corrected chi connectivity index (χ1v) is 10.5. The summed E-state index contributed by atoms with van der Waals surface area (Å²) in [4.78, 5) is 3.33. The summed E-state index contributed by atoms with van der Waals surface area (Å²) in [5.74, 6) is -1.31. The highest BCUT2D eigenvalue weighted by Crippen LogP contribution is 2.30. The number of hydrogen-bond donors (Lipinski definition) is 0. The quantitative estimate of drug-likeness (QED) is 0.520. The number of nitrogens with zero attached hydrogens (tertiary/aromatic N) is 3. The van der Waals surface area contributed by atoms with E-state index in [2.05, 4.69) is 35.0 Å². The molecule has 0 radical (unpaired) electrons. The zero-order valence-corrected chi connectivity index (χ0v) is 16.3. The Balaban J connectivity index is 1.80. The number of benzene rings is 2. The largest absolute Gasteiger partial charge is 0.471 e. The van der Waals surface area contributed by atoms with Crippen LogP contribution >= 0.6 is 15.9 Å². The van der Waals surface area contributed by atoms with Gasteiger partial charge in [-0.3, -0.25) is 0 Å². The molecule has 3 rings (SSSR count). The van der Waals surface area contributed by atoms with E-state index in [1.807, 2.05) is 24.3 Å². The van der Waals surface area contributed by atoms with E-state index >= 15 is 0 Å². The van der Waals surface area contributed by atoms with Crippen molar-refractivity contribution in [3.05, 3.63) is 64.5 Å². The molecule has 0 saturated carbocycles. The molecule has 1 heterocycles. The van der Waals surface area contributed by atoms with Gasteiger partial charge in [-0.15, -0.1) is 0 Å². The smallest absolute Gasteiger partial charge is 0.329 e. The first-order valence-electron chi connectivity index (χ1n) is 7.58. The van der Waals surface area contributed by atoms with Crippen molar-refractivity contribution in [2.75, 3.05) is 6.26 Å². The molecule has 1 unspecified atom stereocenters. The average Bonchev–Trinajstić information content (AvgIpc) is 3.07. The molecule has 5 nitrogen and oxygen atoms in total. The summed E-state index contributed by atoms with van der Waals surface area (Å²) in [6.07, 6.45) is -3.14. The van der Waals surface area contributed by atoms with Crippen molar-refractivity contribution in [1.82, 2.24) is 10.1 Å². The van der Waals surface area contributed by atoms with Crippen LogP contribution in [0.15, 0.2) is 61.9 Å². The second-order valence-electron chi connectivity index (χ2n) is 5.79. The fraction of sp³-hybridized carbons (Fsp3) is 0.176. The summed E-state index contributed by atoms with van der Waals surface area (Å²) in [6, 6.07) is 13.5. The molecular weight excluding hydrogens is 447 g/mol. The monoisotopic (exact) mass is 459 g/mol. The van der Waals surface area contributed by atoms with Crippen LogP contribution in [-0.2, 0) is 21.7 Å². The molecule has 0 aliphatic carbocycles. The maximum Gasteiger partial charge on any atom is 0.471 e. The molecule has 0 amide bonds. The fourth-order valence-corrected chi connectivity index (χ4v) is 3.98. The Kier molecular flexibility index (Phi) is 5.38. The standard InChI is InChI=1S/C17H13BrF3N3O2S/c1-27(25,10-11-2-6-13(18)7-3-11)24-14-8-4-12(5-9-14)15-22-16(26-23-15)17(19,20)21/h2-9H,10H2,1H3. The van der Waals surface area contributed by atoms with Gasteiger partial charge in [-0.05, 0) is 42.0 Å². The van der Waals surface area contributed by atoms with Gasteiger partial charge < -0.3 is 4.52 Å². The number of aromatic nitrogens is 2. The molecule has 0 aliphatic rings. The van der Waals surface area contributed by atoms with Gasteiger partial charge in [0.15, 0.2) is 0 Å². The normalized spacial score (nSPS) is 14.0. The van der Waals surface area contributed by atoms with Crippen molar-refractivity contribution in [1.29, 1.82) is 0 Å². The van der Waals surface area contributed by atoms with E-state index in [1.54, 1.807) is 18.4 Å². The predicted octanol–water partition coefficient (Wildman–Crippen LogP) is 5.45. The Morgan fingerprint density at radius 2 is 1.74 bits per heavy atom. The molecule has 1 aromatic heterocycles. The molecule has 0 fully saturated rings. The van der Waals surface area contributed by atoms with Gasteiger partial charge in [-0.25, -0.2) is 4.21 Å². The van der Waals surface area contributed by atoms with E-state index in [0.717, 1.165) is 10.0 Å². The third-order valence-corrected chi connectivity index (χ3v) is 5.43. The molecule has 0 N–H and O–H groups in total. The van der Waals surface area contributed by atoms with Gasteiger partial charge in [-0.1, -0.05) is 33.2 Å². The molecule has 27 heavy (non-hydrogen) atoms. The Hall–Kier alpha value is -2.20. The van der Waals surface area contributed by atoms with E-state index in [-0.39, 0.29) is 11.6 Å². The van der Waals surface area contributed by atoms with Crippen LogP contribution in [0.3, 0.4) is 0 Å². The van der Waals surface area contributed by atoms with Crippen LogP contribution < -0.4 is 0 Å². The lowest BCUT2D eigenvalue weighted by atomic mass is 10.2. The molecule has 3 aromatic rings. The SMILES string of the molecule is CS(=O)(Cc1ccc(Br)cc1)=Nc1ccc(-c2noc(C(F)(F)F)n2)cc1. The second-order valence-corrected chi connectivity index (χ2v) is 9.09. The Labute approximate surface area is 161 Å². The Morgan fingerprint density at radius 1 is 1.11 bits per heavy atom. The Bertz CT molecular complexity index is 1050. The first kappa shape index (κ1) is 19.6. The number of halogens is 4. The predicted molar refractivity (Wildman–Crippen MR) is 98.7 cm³/mol. The van der Waals surface area contributed by atoms with Crippen LogP contribution in [-0.4, -0.2) is 20.6 Å². The van der Waals surface area contributed by atoms with Gasteiger partial charge in [0.2, 0.25) is 5.82 Å². The molecule has 0 saturated heterocycles. The highest BCUT2D eigenvalue weighted by atomic mass is 79.9. The van der Waals surface area contributed by atoms with Crippen LogP contribution in [0.25, 0.3) is 11.4 Å². The summed E-state index contributed by atoms with van der Waals surface area (Å²) in [7, 11) is -2.53. The third-order valence-electron chi connectivity index (χ3n) is 3.44. The summed E-state index contributed by atoms with van der Waals surface area (Å²) in [5, 5.41) is 3.32. The van der Waals surface area contributed by atoms with Crippen molar-refractivity contribution in [3.63, 3.8) is 0 Å². The van der Waals surface area contributed by atoms with E-state index in [9.17, 15) is 17.4 Å². The van der Waals surface area contributed by atoms with E-state index in [0.29, 0.717) is 11.3 Å². The zero-order valence-electron chi connectivity index (χ0n) is 13.9. The molecule has 0 spiro atoms. The molecule has 0 bridgehead atoms. The van der Waals surface area contributed by atoms with Crippen molar-refractivity contribution in [2.24, 2.45) is 4.36 Å². The first-order chi connectivity index (χ1) is 12.6. The highest BCUT2D eigenvalue weighted by Gasteiger charge is 2.38. The summed E-state index contributed by atoms with van der Waals surface area (Å²) in [5.41, 5.74) is 1.67. The maximum atomic E-state index is 12.7. The summed E-state index contributed by atoms with van der Waals surface area (Å²) >= 11 is 3.34. The lowest BCUT2D eigenvalue weighted by molar-refractivity contribution is -0.159. The lowest BCUT2D eigenvalue weighted by Crippen LogP contribution is -2.04. The molecule has 2 aromatic carbocycles. The zero-order chi connectivity index (χ0) is 19.7. The fourth-order valence-electron chi connectivity index (χ4n) is 2.27. The van der Waals surface area contributed by atoms with Gasteiger partial charge in [0.05, 0.1) is 21.2 Å². The lowest BCUT2D eigenvalue weighted by Gasteiger charge is -2.05. The van der Waals surface area contributed by atoms with Crippen LogP contribution in [0.2, 0.25) is 0 Å². The number of alkyl halides is 3. The molecule has 142 valence electrons. The summed E-state index contributed by atoms with van der Waals surface area (Å²) < 4.78 is 59.7. The summed E-state index contributed by atoms with van der Waals surface area (Å²) in [6.45, 7) is 0. The van der Waals surface area contributed by atoms with Crippen molar-refractivity contribution >= 4 is 31.3 Å². The topological polar surface area (TPSA) is 68.3 Å². The number of rotatable bonds is 4. The molecule has 0 aliphatic heterocycles. The minimum atomic E-state index is -4.69. The van der Waals surface area contributed by atoms with Crippen LogP contribution in [0.5, 0.6) is 0 Å². The molecule has 10 heteroatoms. The average molecular weight is 460 g/mol. The van der Waals surface area contributed by atoms with Crippen molar-refractivity contribution in [3.8, 4) is 11.4 Å². The van der Waals surface area contributed by atoms with Crippen molar-refractivity contribution in [2.45, 2.75) is 11.9 Å². The molecule has 1 atom stereocenters. The number of hydrogen-bond acceptors (Lipinski definition) is 5. The van der Waals surface area contributed by atoms with Crippen LogP contribution in [0.1, 0.15) is 11.5 Å². The van der Waals surface area contributed by atoms with Crippen LogP contribution in [0.4, 0.5) is 18.9 Å². The van der Waals surface area contributed by atoms with E-state index in [4.69, 9.17) is 0 Å². The molecular formula is C17H13BrF3N3O2S. The third kappa shape index (κ3) is 5.16. The second kappa shape index (κ2) is 7.43. The van der Waals surface area contributed by atoms with Gasteiger partial charge in [-0.2, -0.15) is 22.5 Å². The maximum absolute atomic E-state index is 12.7. The van der Waals surface area contributed by atoms with E-state index in [1.165, 1.54) is 12.1 Å².